The van der Waals surface area contributed by atoms with E-state index in [1.54, 1.807) is 16.8 Å². The van der Waals surface area contributed by atoms with Crippen molar-refractivity contribution in [1.82, 2.24) is 9.55 Å². The molecule has 1 saturated heterocycles. The minimum Gasteiger partial charge on any atom is -0.394 e. The molecule has 0 radical (unpaired) electrons. The predicted molar refractivity (Wildman–Crippen MR) is 59.1 cm³/mol. The minimum atomic E-state index is -0.686. The normalized spacial score (nSPS) is 29.5. The zero-order valence-corrected chi connectivity index (χ0v) is 9.30. The Kier molecular flexibility index (Phi) is 3.20. The van der Waals surface area contributed by atoms with Crippen LogP contribution in [-0.2, 0) is 4.74 Å². The maximum Gasteiger partial charge on any atom is 0.203 e. The molecule has 0 amide bonds. The predicted octanol–water partition coefficient (Wildman–Crippen LogP) is -0.165. The van der Waals surface area contributed by atoms with Crippen molar-refractivity contribution in [2.45, 2.75) is 24.9 Å². The Morgan fingerprint density at radius 3 is 3.00 bits per heavy atom. The molecule has 2 heterocycles. The lowest BCUT2D eigenvalue weighted by molar-refractivity contribution is -0.0452. The number of nitrogen functional groups attached to an aromatic ring is 1. The van der Waals surface area contributed by atoms with Crippen LogP contribution in [0.5, 0.6) is 0 Å². The van der Waals surface area contributed by atoms with Gasteiger partial charge in [0.05, 0.1) is 12.7 Å². The van der Waals surface area contributed by atoms with Crippen LogP contribution >= 0.6 is 12.2 Å². The number of aliphatic hydroxyl groups is 2. The van der Waals surface area contributed by atoms with E-state index < -0.39 is 18.4 Å². The first-order valence-corrected chi connectivity index (χ1v) is 5.31. The van der Waals surface area contributed by atoms with Gasteiger partial charge >= 0.3 is 0 Å². The first kappa shape index (κ1) is 11.5. The average molecular weight is 243 g/mol. The topological polar surface area (TPSA) is 93.5 Å². The van der Waals surface area contributed by atoms with Gasteiger partial charge in [-0.25, -0.2) is 4.98 Å². The molecule has 6 nitrogen and oxygen atoms in total. The van der Waals surface area contributed by atoms with Crippen LogP contribution in [0.15, 0.2) is 12.3 Å². The zero-order chi connectivity index (χ0) is 11.7. The van der Waals surface area contributed by atoms with Gasteiger partial charge < -0.3 is 20.7 Å². The fourth-order valence-corrected chi connectivity index (χ4v) is 1.98. The fraction of sp³-hybridized carbons (Fsp3) is 0.556. The van der Waals surface area contributed by atoms with Gasteiger partial charge in [-0.1, -0.05) is 0 Å². The van der Waals surface area contributed by atoms with Crippen molar-refractivity contribution >= 4 is 18.0 Å². The SMILES string of the molecule is Nc1ccn([C@H]2C[C@H](O)[C@@H](CO)O2)c(=S)n1. The van der Waals surface area contributed by atoms with Crippen LogP contribution in [0.2, 0.25) is 0 Å². The van der Waals surface area contributed by atoms with Crippen molar-refractivity contribution in [3.05, 3.63) is 17.0 Å². The number of ether oxygens (including phenoxy) is 1. The second kappa shape index (κ2) is 4.46. The van der Waals surface area contributed by atoms with Gasteiger partial charge in [0.25, 0.3) is 0 Å². The maximum absolute atomic E-state index is 9.59. The summed E-state index contributed by atoms with van der Waals surface area (Å²) in [6.07, 6.45) is 0.402. The summed E-state index contributed by atoms with van der Waals surface area (Å²) in [5.41, 5.74) is 5.49. The van der Waals surface area contributed by atoms with Crippen molar-refractivity contribution in [1.29, 1.82) is 0 Å². The molecule has 1 fully saturated rings. The lowest BCUT2D eigenvalue weighted by Crippen LogP contribution is -2.24. The van der Waals surface area contributed by atoms with E-state index in [2.05, 4.69) is 4.98 Å². The number of anilines is 1. The molecule has 0 aromatic carbocycles. The number of nitrogens with zero attached hydrogens (tertiary/aromatic N) is 2. The molecule has 88 valence electrons. The molecule has 0 saturated carbocycles. The number of aliphatic hydroxyl groups excluding tert-OH is 2. The number of rotatable bonds is 2. The molecule has 0 spiro atoms. The van der Waals surface area contributed by atoms with Gasteiger partial charge in [0.1, 0.15) is 18.1 Å². The van der Waals surface area contributed by atoms with Crippen molar-refractivity contribution < 1.29 is 14.9 Å². The molecule has 1 aromatic heterocycles. The van der Waals surface area contributed by atoms with Gasteiger partial charge in [-0.15, -0.1) is 0 Å². The summed E-state index contributed by atoms with van der Waals surface area (Å²) in [6, 6.07) is 1.61. The Labute approximate surface area is 97.3 Å². The Morgan fingerprint density at radius 2 is 2.44 bits per heavy atom. The van der Waals surface area contributed by atoms with Gasteiger partial charge in [-0.05, 0) is 18.3 Å². The van der Waals surface area contributed by atoms with Gasteiger partial charge in [-0.3, -0.25) is 4.57 Å². The first-order chi connectivity index (χ1) is 7.61. The lowest BCUT2D eigenvalue weighted by Gasteiger charge is -2.15. The van der Waals surface area contributed by atoms with E-state index in [0.717, 1.165) is 0 Å². The highest BCUT2D eigenvalue weighted by Crippen LogP contribution is 2.28. The number of nitrogens with two attached hydrogens (primary N) is 1. The van der Waals surface area contributed by atoms with E-state index >= 15 is 0 Å². The van der Waals surface area contributed by atoms with Crippen molar-refractivity contribution in [3.8, 4) is 0 Å². The van der Waals surface area contributed by atoms with Crippen LogP contribution < -0.4 is 5.73 Å². The Hall–Kier alpha value is -1.02. The van der Waals surface area contributed by atoms with Crippen molar-refractivity contribution in [3.63, 3.8) is 0 Å². The fourth-order valence-electron chi connectivity index (χ4n) is 1.70. The number of hydrogen-bond donors (Lipinski definition) is 3. The summed E-state index contributed by atoms with van der Waals surface area (Å²) in [5, 5.41) is 18.5. The minimum absolute atomic E-state index is 0.215. The summed E-state index contributed by atoms with van der Waals surface area (Å²) in [7, 11) is 0. The van der Waals surface area contributed by atoms with E-state index in [9.17, 15) is 5.11 Å². The van der Waals surface area contributed by atoms with E-state index in [0.29, 0.717) is 17.0 Å². The monoisotopic (exact) mass is 243 g/mol. The number of aromatic nitrogens is 2. The highest BCUT2D eigenvalue weighted by atomic mass is 32.1. The first-order valence-electron chi connectivity index (χ1n) is 4.91. The molecule has 0 aliphatic carbocycles. The van der Waals surface area contributed by atoms with Crippen LogP contribution in [0, 0.1) is 4.77 Å². The van der Waals surface area contributed by atoms with E-state index in [4.69, 9.17) is 27.8 Å². The Balaban J connectivity index is 2.23. The number of hydrogen-bond acceptors (Lipinski definition) is 6. The second-order valence-corrected chi connectivity index (χ2v) is 4.02. The highest BCUT2D eigenvalue weighted by molar-refractivity contribution is 7.71. The summed E-state index contributed by atoms with van der Waals surface area (Å²) in [4.78, 5) is 3.93. The zero-order valence-electron chi connectivity index (χ0n) is 8.48. The third-order valence-electron chi connectivity index (χ3n) is 2.55. The lowest BCUT2D eigenvalue weighted by atomic mass is 10.2. The Morgan fingerprint density at radius 1 is 1.69 bits per heavy atom. The Bertz CT molecular complexity index is 436. The van der Waals surface area contributed by atoms with Gasteiger partial charge in [-0.2, -0.15) is 0 Å². The molecule has 0 bridgehead atoms. The summed E-state index contributed by atoms with van der Waals surface area (Å²) >= 11 is 5.04. The molecule has 16 heavy (non-hydrogen) atoms. The molecule has 3 atom stereocenters. The second-order valence-electron chi connectivity index (χ2n) is 3.66. The molecule has 2 rings (SSSR count). The van der Waals surface area contributed by atoms with Crippen molar-refractivity contribution in [2.24, 2.45) is 0 Å². The third-order valence-corrected chi connectivity index (χ3v) is 2.85. The van der Waals surface area contributed by atoms with Crippen molar-refractivity contribution in [2.75, 3.05) is 12.3 Å². The van der Waals surface area contributed by atoms with E-state index in [1.165, 1.54) is 0 Å². The average Bonchev–Trinajstić information content (AvgIpc) is 2.59. The molecule has 7 heteroatoms. The van der Waals surface area contributed by atoms with Crippen LogP contribution in [0.1, 0.15) is 12.6 Å². The van der Waals surface area contributed by atoms with Gasteiger partial charge in [0.15, 0.2) is 0 Å². The molecule has 1 aromatic rings. The van der Waals surface area contributed by atoms with Gasteiger partial charge in [0.2, 0.25) is 4.77 Å². The van der Waals surface area contributed by atoms with Crippen LogP contribution in [0.3, 0.4) is 0 Å². The largest absolute Gasteiger partial charge is 0.394 e. The maximum atomic E-state index is 9.59. The van der Waals surface area contributed by atoms with E-state index in [-0.39, 0.29) is 6.61 Å². The summed E-state index contributed by atoms with van der Waals surface area (Å²) in [5.74, 6) is 0.346. The van der Waals surface area contributed by atoms with Gasteiger partial charge in [0, 0.05) is 12.6 Å². The molecule has 0 unspecified atom stereocenters. The van der Waals surface area contributed by atoms with Crippen LogP contribution in [-0.4, -0.2) is 38.6 Å². The summed E-state index contributed by atoms with van der Waals surface area (Å²) < 4.78 is 7.36. The van der Waals surface area contributed by atoms with E-state index in [1.807, 2.05) is 0 Å². The quantitative estimate of drug-likeness (QED) is 0.625. The molecule has 4 N–H and O–H groups in total. The summed E-state index contributed by atoms with van der Waals surface area (Å²) in [6.45, 7) is -0.215. The molecular weight excluding hydrogens is 230 g/mol. The molecule has 1 aliphatic heterocycles. The molecule has 1 aliphatic rings. The van der Waals surface area contributed by atoms with Crippen LogP contribution in [0.25, 0.3) is 0 Å². The third kappa shape index (κ3) is 2.07. The standard InChI is InChI=1S/C9H13N3O3S/c10-7-1-2-12(9(16)11-7)8-3-5(14)6(4-13)15-8/h1-2,5-6,8,13-14H,3-4H2,(H2,10,11,16)/t5-,6+,8+/m0/s1. The van der Waals surface area contributed by atoms with Crippen LogP contribution in [0.4, 0.5) is 5.82 Å². The smallest absolute Gasteiger partial charge is 0.203 e. The highest BCUT2D eigenvalue weighted by Gasteiger charge is 2.34. The molecular formula is C9H13N3O3S.